The first-order valence-electron chi connectivity index (χ1n) is 12.2. The molecular weight excluding hydrogens is 525 g/mol. The third kappa shape index (κ3) is 7.92. The van der Waals surface area contributed by atoms with Gasteiger partial charge in [-0.25, -0.2) is 0 Å². The Balaban J connectivity index is 1.67. The molecule has 0 radical (unpaired) electrons. The second-order valence-corrected chi connectivity index (χ2v) is 10.3. The van der Waals surface area contributed by atoms with Crippen molar-refractivity contribution >= 4 is 51.8 Å². The second-order valence-electron chi connectivity index (χ2n) is 8.73. The molecule has 1 unspecified atom stereocenters. The van der Waals surface area contributed by atoms with Gasteiger partial charge in [0.2, 0.25) is 0 Å². The Morgan fingerprint density at radius 2 is 1.97 bits per heavy atom. The van der Waals surface area contributed by atoms with Gasteiger partial charge in [-0.05, 0) is 42.7 Å². The summed E-state index contributed by atoms with van der Waals surface area (Å²) in [5.41, 5.74) is -0.0941. The average Bonchev–Trinajstić information content (AvgIpc) is 3.30. The molecule has 37 heavy (non-hydrogen) atoms. The Bertz CT molecular complexity index is 1230. The zero-order chi connectivity index (χ0) is 27.0. The number of unbranched alkanes of at least 4 members (excludes halogenated alkanes) is 1. The van der Waals surface area contributed by atoms with Crippen molar-refractivity contribution in [2.75, 3.05) is 17.7 Å². The van der Waals surface area contributed by atoms with Gasteiger partial charge in [-0.3, -0.25) is 9.59 Å². The van der Waals surface area contributed by atoms with Crippen molar-refractivity contribution in [2.24, 2.45) is 5.92 Å². The SMILES string of the molecule is CCCCC(CC)COC(=O)CCSc1cccc2[nH]cc(C(=O)Nc3cc(C(F)(F)F)ccc3Cl)c12. The third-order valence-electron chi connectivity index (χ3n) is 6.04. The number of aromatic amines is 1. The Morgan fingerprint density at radius 3 is 2.68 bits per heavy atom. The first-order chi connectivity index (χ1) is 17.6. The molecule has 2 N–H and O–H groups in total. The topological polar surface area (TPSA) is 71.2 Å². The normalized spacial score (nSPS) is 12.5. The van der Waals surface area contributed by atoms with Crippen molar-refractivity contribution in [3.05, 3.63) is 58.7 Å². The number of nitrogens with one attached hydrogen (secondary N) is 2. The number of hydrogen-bond acceptors (Lipinski definition) is 4. The van der Waals surface area contributed by atoms with Crippen molar-refractivity contribution in [1.82, 2.24) is 4.98 Å². The largest absolute Gasteiger partial charge is 0.465 e. The number of benzene rings is 2. The summed E-state index contributed by atoms with van der Waals surface area (Å²) in [4.78, 5) is 29.1. The van der Waals surface area contributed by atoms with E-state index in [4.69, 9.17) is 16.3 Å². The van der Waals surface area contributed by atoms with Crippen LogP contribution in [0, 0.1) is 5.92 Å². The quantitative estimate of drug-likeness (QED) is 0.174. The number of ether oxygens (including phenoxy) is 1. The first kappa shape index (κ1) is 28.9. The van der Waals surface area contributed by atoms with Crippen LogP contribution < -0.4 is 5.32 Å². The van der Waals surface area contributed by atoms with Crippen molar-refractivity contribution in [3.63, 3.8) is 0 Å². The fraction of sp³-hybridized carbons (Fsp3) is 0.407. The predicted molar refractivity (Wildman–Crippen MR) is 142 cm³/mol. The maximum absolute atomic E-state index is 13.1. The van der Waals surface area contributed by atoms with Crippen LogP contribution in [0.15, 0.2) is 47.5 Å². The van der Waals surface area contributed by atoms with E-state index in [-0.39, 0.29) is 28.7 Å². The number of anilines is 1. The fourth-order valence-electron chi connectivity index (χ4n) is 3.86. The molecule has 200 valence electrons. The van der Waals surface area contributed by atoms with Crippen molar-refractivity contribution in [3.8, 4) is 0 Å². The van der Waals surface area contributed by atoms with Gasteiger partial charge < -0.3 is 15.0 Å². The first-order valence-corrected chi connectivity index (χ1v) is 13.6. The molecule has 1 heterocycles. The minimum Gasteiger partial charge on any atom is -0.465 e. The number of aromatic nitrogens is 1. The van der Waals surface area contributed by atoms with Gasteiger partial charge in [-0.1, -0.05) is 50.8 Å². The van der Waals surface area contributed by atoms with E-state index in [9.17, 15) is 22.8 Å². The van der Waals surface area contributed by atoms with Gasteiger partial charge in [0.05, 0.1) is 34.9 Å². The molecule has 3 aromatic rings. The number of amides is 1. The van der Waals surface area contributed by atoms with Gasteiger partial charge in [-0.2, -0.15) is 13.2 Å². The molecule has 0 saturated carbocycles. The van der Waals surface area contributed by atoms with Gasteiger partial charge in [0.25, 0.3) is 5.91 Å². The monoisotopic (exact) mass is 554 g/mol. The van der Waals surface area contributed by atoms with Crippen molar-refractivity contribution < 1.29 is 27.5 Å². The van der Waals surface area contributed by atoms with Crippen LogP contribution in [-0.4, -0.2) is 29.2 Å². The van der Waals surface area contributed by atoms with E-state index in [1.54, 1.807) is 6.07 Å². The summed E-state index contributed by atoms with van der Waals surface area (Å²) in [6, 6.07) is 8.21. The maximum atomic E-state index is 13.1. The number of alkyl halides is 3. The molecular formula is C27H30ClF3N2O3S. The lowest BCUT2D eigenvalue weighted by Gasteiger charge is -2.14. The number of fused-ring (bicyclic) bond motifs is 1. The predicted octanol–water partition coefficient (Wildman–Crippen LogP) is 8.33. The van der Waals surface area contributed by atoms with Crippen LogP contribution in [0.4, 0.5) is 18.9 Å². The number of H-pyrrole nitrogens is 1. The van der Waals surface area contributed by atoms with Gasteiger partial charge in [0, 0.05) is 27.7 Å². The van der Waals surface area contributed by atoms with E-state index in [1.165, 1.54) is 18.0 Å². The van der Waals surface area contributed by atoms with Crippen molar-refractivity contribution in [1.29, 1.82) is 0 Å². The average molecular weight is 555 g/mol. The summed E-state index contributed by atoms with van der Waals surface area (Å²) < 4.78 is 44.8. The van der Waals surface area contributed by atoms with Crippen LogP contribution in [-0.2, 0) is 15.7 Å². The molecule has 0 fully saturated rings. The maximum Gasteiger partial charge on any atom is 0.416 e. The number of rotatable bonds is 12. The van der Waals surface area contributed by atoms with Crippen LogP contribution in [0.5, 0.6) is 0 Å². The standard InChI is InChI=1S/C27H30ClF3N2O3S/c1-3-5-7-17(4-2)16-36-24(34)12-13-37-23-9-6-8-21-25(23)19(15-32-21)26(35)33-22-14-18(27(29,30)31)10-11-20(22)28/h6,8-11,14-15,17,32H,3-5,7,12-13,16H2,1-2H3,(H,33,35). The Morgan fingerprint density at radius 1 is 1.19 bits per heavy atom. The minimum atomic E-state index is -4.57. The second kappa shape index (κ2) is 13.2. The van der Waals surface area contributed by atoms with E-state index in [0.29, 0.717) is 29.2 Å². The van der Waals surface area contributed by atoms with E-state index in [0.717, 1.165) is 48.8 Å². The molecule has 1 aromatic heterocycles. The highest BCUT2D eigenvalue weighted by atomic mass is 35.5. The highest BCUT2D eigenvalue weighted by Gasteiger charge is 2.31. The summed E-state index contributed by atoms with van der Waals surface area (Å²) >= 11 is 7.45. The van der Waals surface area contributed by atoms with Crippen LogP contribution in [0.1, 0.15) is 61.9 Å². The zero-order valence-electron chi connectivity index (χ0n) is 20.7. The van der Waals surface area contributed by atoms with Crippen LogP contribution in [0.25, 0.3) is 10.9 Å². The smallest absolute Gasteiger partial charge is 0.416 e. The summed E-state index contributed by atoms with van der Waals surface area (Å²) in [7, 11) is 0. The minimum absolute atomic E-state index is 0.00527. The number of carbonyl (C=O) groups is 2. The van der Waals surface area contributed by atoms with E-state index in [1.807, 2.05) is 12.1 Å². The lowest BCUT2D eigenvalue weighted by atomic mass is 10.0. The van der Waals surface area contributed by atoms with E-state index in [2.05, 4.69) is 24.1 Å². The molecule has 5 nitrogen and oxygen atoms in total. The third-order valence-corrected chi connectivity index (χ3v) is 7.43. The van der Waals surface area contributed by atoms with Gasteiger partial charge in [0.1, 0.15) is 0 Å². The zero-order valence-corrected chi connectivity index (χ0v) is 22.3. The number of carbonyl (C=O) groups excluding carboxylic acids is 2. The van der Waals surface area contributed by atoms with E-state index < -0.39 is 17.6 Å². The van der Waals surface area contributed by atoms with Crippen LogP contribution in [0.3, 0.4) is 0 Å². The lowest BCUT2D eigenvalue weighted by molar-refractivity contribution is -0.144. The molecule has 0 aliphatic carbocycles. The molecule has 0 saturated heterocycles. The Kier molecular flexibility index (Phi) is 10.3. The van der Waals surface area contributed by atoms with Crippen molar-refractivity contribution in [2.45, 2.75) is 57.0 Å². The fourth-order valence-corrected chi connectivity index (χ4v) is 5.06. The van der Waals surface area contributed by atoms with Crippen LogP contribution >= 0.6 is 23.4 Å². The van der Waals surface area contributed by atoms with Gasteiger partial charge >= 0.3 is 12.1 Å². The molecule has 1 atom stereocenters. The molecule has 1 amide bonds. The Labute approximate surface area is 223 Å². The highest BCUT2D eigenvalue weighted by molar-refractivity contribution is 7.99. The van der Waals surface area contributed by atoms with Gasteiger partial charge in [0.15, 0.2) is 0 Å². The number of hydrogen-bond donors (Lipinski definition) is 2. The number of thioether (sulfide) groups is 1. The summed E-state index contributed by atoms with van der Waals surface area (Å²) in [5, 5.41) is 3.10. The molecule has 0 aliphatic rings. The molecule has 0 aliphatic heterocycles. The summed E-state index contributed by atoms with van der Waals surface area (Å²) in [6.45, 7) is 4.66. The molecule has 3 rings (SSSR count). The number of halogens is 4. The molecule has 2 aromatic carbocycles. The lowest BCUT2D eigenvalue weighted by Crippen LogP contribution is -2.14. The number of esters is 1. The summed E-state index contributed by atoms with van der Waals surface area (Å²) in [5.74, 6) is -0.0370. The highest BCUT2D eigenvalue weighted by Crippen LogP contribution is 2.35. The molecule has 0 bridgehead atoms. The van der Waals surface area contributed by atoms with E-state index >= 15 is 0 Å². The van der Waals surface area contributed by atoms with Gasteiger partial charge in [-0.15, -0.1) is 11.8 Å². The molecule has 10 heteroatoms. The summed E-state index contributed by atoms with van der Waals surface area (Å²) in [6.07, 6.45) is 1.39. The van der Waals surface area contributed by atoms with Crippen LogP contribution in [0.2, 0.25) is 5.02 Å². The Hall–Kier alpha value is -2.65. The molecule has 0 spiro atoms.